The average Bonchev–Trinajstić information content (AvgIpc) is 2.74. The Morgan fingerprint density at radius 2 is 2.05 bits per heavy atom. The topological polar surface area (TPSA) is 42.2 Å². The molecule has 0 aliphatic heterocycles. The minimum Gasteiger partial charge on any atom is -0.478 e. The minimum absolute atomic E-state index is 0.257. The number of hydrogen-bond donors (Lipinski definition) is 1. The zero-order valence-corrected chi connectivity index (χ0v) is 12.7. The molecule has 0 aliphatic carbocycles. The highest BCUT2D eigenvalue weighted by atomic mass is 16.4. The molecule has 0 aliphatic rings. The fraction of sp³-hybridized carbons (Fsp3) is 0.471. The van der Waals surface area contributed by atoms with Gasteiger partial charge in [0.25, 0.3) is 0 Å². The number of carbonyl (C=O) groups is 1. The highest BCUT2D eigenvalue weighted by molar-refractivity contribution is 6.04. The summed E-state index contributed by atoms with van der Waals surface area (Å²) < 4.78 is 2.11. The molecule has 0 radical (unpaired) electrons. The molecule has 3 heteroatoms. The molecule has 20 heavy (non-hydrogen) atoms. The highest BCUT2D eigenvalue weighted by Gasteiger charge is 2.19. The molecule has 1 aromatic heterocycles. The highest BCUT2D eigenvalue weighted by Crippen LogP contribution is 2.30. The summed E-state index contributed by atoms with van der Waals surface area (Å²) in [5, 5.41) is 10.6. The third-order valence-corrected chi connectivity index (χ3v) is 3.86. The first-order chi connectivity index (χ1) is 9.47. The van der Waals surface area contributed by atoms with Gasteiger partial charge in [-0.15, -0.1) is 0 Å². The zero-order valence-electron chi connectivity index (χ0n) is 12.7. The molecule has 0 fully saturated rings. The van der Waals surface area contributed by atoms with Gasteiger partial charge in [-0.2, -0.15) is 0 Å². The number of unbranched alkanes of at least 4 members (excludes halogenated alkanes) is 1. The third kappa shape index (κ3) is 2.45. The van der Waals surface area contributed by atoms with Crippen molar-refractivity contribution < 1.29 is 9.90 Å². The van der Waals surface area contributed by atoms with Crippen LogP contribution in [-0.2, 0) is 6.42 Å². The van der Waals surface area contributed by atoms with E-state index < -0.39 is 5.97 Å². The van der Waals surface area contributed by atoms with Gasteiger partial charge in [-0.1, -0.05) is 25.5 Å². The molecule has 0 bridgehead atoms. The number of aryl methyl sites for hydroxylation is 2. The summed E-state index contributed by atoms with van der Waals surface area (Å²) in [4.78, 5) is 11.6. The minimum atomic E-state index is -0.838. The van der Waals surface area contributed by atoms with Crippen molar-refractivity contribution in [1.29, 1.82) is 0 Å². The van der Waals surface area contributed by atoms with E-state index >= 15 is 0 Å². The number of hydrogen-bond acceptors (Lipinski definition) is 1. The first kappa shape index (κ1) is 14.6. The SMILES string of the molecule is CCCCc1cn(C(C)C)c2c(C(=O)O)c(C)ccc12. The summed E-state index contributed by atoms with van der Waals surface area (Å²) >= 11 is 0. The Morgan fingerprint density at radius 3 is 2.60 bits per heavy atom. The van der Waals surface area contributed by atoms with Crippen molar-refractivity contribution >= 4 is 16.9 Å². The van der Waals surface area contributed by atoms with E-state index in [-0.39, 0.29) is 6.04 Å². The number of fused-ring (bicyclic) bond motifs is 1. The number of aromatic carboxylic acids is 1. The van der Waals surface area contributed by atoms with E-state index in [4.69, 9.17) is 0 Å². The Hall–Kier alpha value is -1.77. The van der Waals surface area contributed by atoms with Crippen LogP contribution in [0.15, 0.2) is 18.3 Å². The van der Waals surface area contributed by atoms with E-state index in [9.17, 15) is 9.90 Å². The van der Waals surface area contributed by atoms with Gasteiger partial charge in [0.05, 0.1) is 11.1 Å². The molecular weight excluding hydrogens is 250 g/mol. The maximum absolute atomic E-state index is 11.6. The van der Waals surface area contributed by atoms with Gasteiger partial charge in [0.2, 0.25) is 0 Å². The number of nitrogens with zero attached hydrogens (tertiary/aromatic N) is 1. The van der Waals surface area contributed by atoms with Crippen LogP contribution in [0, 0.1) is 6.92 Å². The molecule has 1 heterocycles. The van der Waals surface area contributed by atoms with Gasteiger partial charge < -0.3 is 9.67 Å². The monoisotopic (exact) mass is 273 g/mol. The van der Waals surface area contributed by atoms with Crippen LogP contribution >= 0.6 is 0 Å². The van der Waals surface area contributed by atoms with Crippen molar-refractivity contribution in [1.82, 2.24) is 4.57 Å². The molecule has 0 atom stereocenters. The number of benzene rings is 1. The van der Waals surface area contributed by atoms with Crippen LogP contribution < -0.4 is 0 Å². The normalized spacial score (nSPS) is 11.4. The molecule has 3 nitrogen and oxygen atoms in total. The van der Waals surface area contributed by atoms with Gasteiger partial charge in [-0.05, 0) is 44.7 Å². The molecule has 0 saturated carbocycles. The standard InChI is InChI=1S/C17H23NO2/c1-5-6-7-13-10-18(11(2)3)16-14(13)9-8-12(4)15(16)17(19)20/h8-11H,5-7H2,1-4H3,(H,19,20). The molecule has 108 valence electrons. The zero-order chi connectivity index (χ0) is 14.9. The van der Waals surface area contributed by atoms with Gasteiger partial charge in [-0.3, -0.25) is 0 Å². The van der Waals surface area contributed by atoms with Gasteiger partial charge >= 0.3 is 5.97 Å². The summed E-state index contributed by atoms with van der Waals surface area (Å²) in [5.74, 6) is -0.838. The van der Waals surface area contributed by atoms with Crippen molar-refractivity contribution in [3.63, 3.8) is 0 Å². The van der Waals surface area contributed by atoms with E-state index in [1.165, 1.54) is 5.56 Å². The fourth-order valence-electron chi connectivity index (χ4n) is 2.76. The molecule has 1 aromatic carbocycles. The lowest BCUT2D eigenvalue weighted by molar-refractivity contribution is 0.0698. The Morgan fingerprint density at radius 1 is 1.35 bits per heavy atom. The second-order valence-corrected chi connectivity index (χ2v) is 5.72. The lowest BCUT2D eigenvalue weighted by Gasteiger charge is -2.12. The van der Waals surface area contributed by atoms with Gasteiger partial charge in [0.1, 0.15) is 0 Å². The van der Waals surface area contributed by atoms with Crippen molar-refractivity contribution in [2.45, 2.75) is 53.0 Å². The van der Waals surface area contributed by atoms with Crippen LogP contribution in [0.25, 0.3) is 10.9 Å². The van der Waals surface area contributed by atoms with Crippen LogP contribution in [0.1, 0.15) is 61.1 Å². The summed E-state index contributed by atoms with van der Waals surface area (Å²) in [7, 11) is 0. The van der Waals surface area contributed by atoms with Crippen molar-refractivity contribution in [2.24, 2.45) is 0 Å². The van der Waals surface area contributed by atoms with Gasteiger partial charge in [0.15, 0.2) is 0 Å². The van der Waals surface area contributed by atoms with Crippen molar-refractivity contribution in [2.75, 3.05) is 0 Å². The molecule has 2 aromatic rings. The number of carboxylic acids is 1. The van der Waals surface area contributed by atoms with Crippen molar-refractivity contribution in [3.8, 4) is 0 Å². The largest absolute Gasteiger partial charge is 0.478 e. The van der Waals surface area contributed by atoms with Crippen LogP contribution in [0.5, 0.6) is 0 Å². The first-order valence-electron chi connectivity index (χ1n) is 7.33. The number of aromatic nitrogens is 1. The van der Waals surface area contributed by atoms with Crippen LogP contribution in [0.2, 0.25) is 0 Å². The Labute approximate surface area is 120 Å². The number of carboxylic acid groups (broad SMARTS) is 1. The fourth-order valence-corrected chi connectivity index (χ4v) is 2.76. The third-order valence-electron chi connectivity index (χ3n) is 3.86. The second-order valence-electron chi connectivity index (χ2n) is 5.72. The molecule has 0 unspecified atom stereocenters. The molecule has 2 rings (SSSR count). The predicted octanol–water partition coefficient (Wildman–Crippen LogP) is 4.57. The quantitative estimate of drug-likeness (QED) is 0.867. The molecule has 0 amide bonds. The lowest BCUT2D eigenvalue weighted by atomic mass is 10.0. The molecule has 1 N–H and O–H groups in total. The van der Waals surface area contributed by atoms with E-state index in [1.54, 1.807) is 0 Å². The maximum Gasteiger partial charge on any atom is 0.338 e. The lowest BCUT2D eigenvalue weighted by Crippen LogP contribution is -2.06. The van der Waals surface area contributed by atoms with E-state index in [0.717, 1.165) is 35.7 Å². The Balaban J connectivity index is 2.75. The van der Waals surface area contributed by atoms with Gasteiger partial charge in [-0.25, -0.2) is 4.79 Å². The second kappa shape index (κ2) is 5.70. The molecule has 0 spiro atoms. The van der Waals surface area contributed by atoms with E-state index in [0.29, 0.717) is 5.56 Å². The Bertz CT molecular complexity index is 638. The van der Waals surface area contributed by atoms with E-state index in [1.807, 2.05) is 13.0 Å². The predicted molar refractivity (Wildman–Crippen MR) is 82.6 cm³/mol. The summed E-state index contributed by atoms with van der Waals surface area (Å²) in [6, 6.07) is 4.25. The number of rotatable bonds is 5. The average molecular weight is 273 g/mol. The van der Waals surface area contributed by atoms with Crippen LogP contribution in [0.3, 0.4) is 0 Å². The smallest absolute Gasteiger partial charge is 0.338 e. The van der Waals surface area contributed by atoms with Gasteiger partial charge in [0, 0.05) is 17.6 Å². The van der Waals surface area contributed by atoms with Crippen LogP contribution in [0.4, 0.5) is 0 Å². The van der Waals surface area contributed by atoms with E-state index in [2.05, 4.69) is 37.6 Å². The summed E-state index contributed by atoms with van der Waals surface area (Å²) in [6.07, 6.45) is 5.42. The maximum atomic E-state index is 11.6. The Kier molecular flexibility index (Phi) is 4.17. The molecular formula is C17H23NO2. The van der Waals surface area contributed by atoms with Crippen LogP contribution in [-0.4, -0.2) is 15.6 Å². The first-order valence-corrected chi connectivity index (χ1v) is 7.33. The summed E-state index contributed by atoms with van der Waals surface area (Å²) in [5.41, 5.74) is 3.41. The molecule has 0 saturated heterocycles. The van der Waals surface area contributed by atoms with Crippen molar-refractivity contribution in [3.05, 3.63) is 35.0 Å². The summed E-state index contributed by atoms with van der Waals surface area (Å²) in [6.45, 7) is 8.23.